The van der Waals surface area contributed by atoms with Gasteiger partial charge in [0.25, 0.3) is 0 Å². The molecule has 0 N–H and O–H groups in total. The molecule has 0 unspecified atom stereocenters. The van der Waals surface area contributed by atoms with Crippen molar-refractivity contribution >= 4 is 12.4 Å². The SMILES string of the molecule is Cc1ccc2c(c1)-c1nc(Cn3ccnc3C)nn1Cc1c(C)ncn1-2.Cl. The van der Waals surface area contributed by atoms with Crippen LogP contribution in [0.2, 0.25) is 0 Å². The summed E-state index contributed by atoms with van der Waals surface area (Å²) in [6.45, 7) is 7.40. The fraction of sp³-hybridized carbons (Fsp3) is 0.263. The van der Waals surface area contributed by atoms with Gasteiger partial charge in [-0.3, -0.25) is 0 Å². The minimum Gasteiger partial charge on any atom is -0.327 e. The van der Waals surface area contributed by atoms with Crippen LogP contribution in [0.25, 0.3) is 17.1 Å². The van der Waals surface area contributed by atoms with Crippen molar-refractivity contribution in [2.45, 2.75) is 33.9 Å². The van der Waals surface area contributed by atoms with Crippen molar-refractivity contribution in [3.05, 3.63) is 65.5 Å². The van der Waals surface area contributed by atoms with Gasteiger partial charge in [0.2, 0.25) is 0 Å². The van der Waals surface area contributed by atoms with Crippen LogP contribution < -0.4 is 0 Å². The van der Waals surface area contributed by atoms with Crippen molar-refractivity contribution in [3.63, 3.8) is 0 Å². The van der Waals surface area contributed by atoms with E-state index in [1.165, 1.54) is 5.56 Å². The molecule has 27 heavy (non-hydrogen) atoms. The second-order valence-electron chi connectivity index (χ2n) is 6.78. The monoisotopic (exact) mass is 381 g/mol. The third-order valence-electron chi connectivity index (χ3n) is 4.98. The van der Waals surface area contributed by atoms with Gasteiger partial charge in [-0.25, -0.2) is 19.6 Å². The van der Waals surface area contributed by atoms with Crippen LogP contribution in [0.15, 0.2) is 36.9 Å². The maximum Gasteiger partial charge on any atom is 0.171 e. The van der Waals surface area contributed by atoms with Gasteiger partial charge < -0.3 is 9.13 Å². The van der Waals surface area contributed by atoms with Crippen LogP contribution >= 0.6 is 12.4 Å². The Balaban J connectivity index is 0.00000180. The maximum atomic E-state index is 4.87. The average molecular weight is 382 g/mol. The van der Waals surface area contributed by atoms with Crippen molar-refractivity contribution in [3.8, 4) is 17.1 Å². The van der Waals surface area contributed by atoms with Gasteiger partial charge in [-0.1, -0.05) is 11.6 Å². The molecule has 0 fully saturated rings. The van der Waals surface area contributed by atoms with E-state index >= 15 is 0 Å². The number of imidazole rings is 2. The van der Waals surface area contributed by atoms with Crippen LogP contribution in [0.3, 0.4) is 0 Å². The highest BCUT2D eigenvalue weighted by Gasteiger charge is 2.24. The molecule has 4 aromatic rings. The standard InChI is InChI=1S/C19H19N7.ClH/c1-12-4-5-16-15(8-12)19-22-18(10-24-7-6-20-14(24)3)23-26(19)9-17-13(2)21-11-25(16)17;/h4-8,11H,9-10H2,1-3H3;1H. The third kappa shape index (κ3) is 2.75. The molecule has 0 spiro atoms. The van der Waals surface area contributed by atoms with Crippen LogP contribution in [-0.2, 0) is 13.1 Å². The zero-order valence-electron chi connectivity index (χ0n) is 15.4. The molecule has 4 heterocycles. The quantitative estimate of drug-likeness (QED) is 0.471. The van der Waals surface area contributed by atoms with Crippen molar-refractivity contribution < 1.29 is 0 Å². The number of hydrogen-bond donors (Lipinski definition) is 0. The van der Waals surface area contributed by atoms with Crippen molar-refractivity contribution in [2.24, 2.45) is 0 Å². The number of rotatable bonds is 2. The Kier molecular flexibility index (Phi) is 4.11. The lowest BCUT2D eigenvalue weighted by Crippen LogP contribution is -2.07. The lowest BCUT2D eigenvalue weighted by Gasteiger charge is -2.09. The molecule has 138 valence electrons. The molecule has 1 aliphatic heterocycles. The van der Waals surface area contributed by atoms with E-state index in [0.29, 0.717) is 13.1 Å². The van der Waals surface area contributed by atoms with Gasteiger partial charge in [0.05, 0.1) is 36.5 Å². The van der Waals surface area contributed by atoms with Crippen molar-refractivity contribution in [1.29, 1.82) is 0 Å². The van der Waals surface area contributed by atoms with Crippen molar-refractivity contribution in [1.82, 2.24) is 33.9 Å². The molecule has 8 heteroatoms. The molecule has 0 amide bonds. The summed E-state index contributed by atoms with van der Waals surface area (Å²) in [5.74, 6) is 2.65. The van der Waals surface area contributed by atoms with E-state index in [1.807, 2.05) is 31.1 Å². The van der Waals surface area contributed by atoms with E-state index in [1.54, 1.807) is 6.20 Å². The first-order valence-corrected chi connectivity index (χ1v) is 8.66. The lowest BCUT2D eigenvalue weighted by molar-refractivity contribution is 0.643. The van der Waals surface area contributed by atoms with Gasteiger partial charge in [-0.05, 0) is 32.9 Å². The first kappa shape index (κ1) is 17.5. The molecular weight excluding hydrogens is 362 g/mol. The number of fused-ring (bicyclic) bond motifs is 5. The maximum absolute atomic E-state index is 4.87. The number of halogens is 1. The van der Waals surface area contributed by atoms with E-state index in [0.717, 1.165) is 40.1 Å². The molecule has 7 nitrogen and oxygen atoms in total. The van der Waals surface area contributed by atoms with Crippen molar-refractivity contribution in [2.75, 3.05) is 0 Å². The molecule has 3 aromatic heterocycles. The summed E-state index contributed by atoms with van der Waals surface area (Å²) in [5, 5.41) is 4.79. The Labute approximate surface area is 163 Å². The average Bonchev–Trinajstić information content (AvgIpc) is 3.28. The summed E-state index contributed by atoms with van der Waals surface area (Å²) < 4.78 is 6.20. The zero-order valence-corrected chi connectivity index (χ0v) is 16.2. The molecule has 1 aliphatic rings. The third-order valence-corrected chi connectivity index (χ3v) is 4.98. The normalized spacial score (nSPS) is 12.0. The molecule has 5 rings (SSSR count). The largest absolute Gasteiger partial charge is 0.327 e. The van der Waals surface area contributed by atoms with E-state index in [9.17, 15) is 0 Å². The number of aromatic nitrogens is 7. The fourth-order valence-corrected chi connectivity index (χ4v) is 3.53. The molecule has 0 radical (unpaired) electrons. The Morgan fingerprint density at radius 2 is 1.96 bits per heavy atom. The highest BCUT2D eigenvalue weighted by molar-refractivity contribution is 5.85. The van der Waals surface area contributed by atoms with Gasteiger partial charge in [0.15, 0.2) is 11.6 Å². The first-order valence-electron chi connectivity index (χ1n) is 8.66. The van der Waals surface area contributed by atoms with Crippen LogP contribution in [0.1, 0.15) is 28.6 Å². The van der Waals surface area contributed by atoms with Gasteiger partial charge in [0, 0.05) is 18.0 Å². The highest BCUT2D eigenvalue weighted by atomic mass is 35.5. The van der Waals surface area contributed by atoms with E-state index in [2.05, 4.69) is 44.2 Å². The number of hydrogen-bond acceptors (Lipinski definition) is 4. The summed E-state index contributed by atoms with van der Waals surface area (Å²) in [6.07, 6.45) is 5.65. The molecule has 0 saturated carbocycles. The van der Waals surface area contributed by atoms with Crippen LogP contribution in [0.4, 0.5) is 0 Å². The number of aryl methyl sites for hydroxylation is 3. The fourth-order valence-electron chi connectivity index (χ4n) is 3.53. The van der Waals surface area contributed by atoms with Gasteiger partial charge in [-0.2, -0.15) is 5.10 Å². The van der Waals surface area contributed by atoms with Crippen LogP contribution in [0.5, 0.6) is 0 Å². The van der Waals surface area contributed by atoms with E-state index in [-0.39, 0.29) is 12.4 Å². The Morgan fingerprint density at radius 1 is 1.11 bits per heavy atom. The minimum absolute atomic E-state index is 0. The molecular formula is C19H20ClN7. The van der Waals surface area contributed by atoms with E-state index in [4.69, 9.17) is 10.1 Å². The second-order valence-corrected chi connectivity index (χ2v) is 6.78. The first-order chi connectivity index (χ1) is 12.6. The summed E-state index contributed by atoms with van der Waals surface area (Å²) in [4.78, 5) is 13.7. The predicted octanol–water partition coefficient (Wildman–Crippen LogP) is 3.08. The van der Waals surface area contributed by atoms with Crippen LogP contribution in [-0.4, -0.2) is 33.9 Å². The van der Waals surface area contributed by atoms with E-state index < -0.39 is 0 Å². The Bertz CT molecular complexity index is 1140. The van der Waals surface area contributed by atoms with Gasteiger partial charge in [-0.15, -0.1) is 12.4 Å². The number of benzene rings is 1. The zero-order chi connectivity index (χ0) is 17.8. The summed E-state index contributed by atoms with van der Waals surface area (Å²) in [5.41, 5.74) is 5.55. The Hall–Kier alpha value is -2.93. The smallest absolute Gasteiger partial charge is 0.171 e. The minimum atomic E-state index is 0. The lowest BCUT2D eigenvalue weighted by atomic mass is 10.1. The molecule has 0 saturated heterocycles. The molecule has 0 aliphatic carbocycles. The molecule has 0 bridgehead atoms. The summed E-state index contributed by atoms with van der Waals surface area (Å²) >= 11 is 0. The number of nitrogens with zero attached hydrogens (tertiary/aromatic N) is 7. The highest BCUT2D eigenvalue weighted by Crippen LogP contribution is 2.32. The predicted molar refractivity (Wildman–Crippen MR) is 104 cm³/mol. The molecule has 1 aromatic carbocycles. The summed E-state index contributed by atoms with van der Waals surface area (Å²) in [7, 11) is 0. The van der Waals surface area contributed by atoms with Gasteiger partial charge in [0.1, 0.15) is 5.82 Å². The topological polar surface area (TPSA) is 66.3 Å². The van der Waals surface area contributed by atoms with Crippen LogP contribution in [0, 0.1) is 20.8 Å². The Morgan fingerprint density at radius 3 is 2.74 bits per heavy atom. The summed E-state index contributed by atoms with van der Waals surface area (Å²) in [6, 6.07) is 6.44. The molecule has 0 atom stereocenters. The second kappa shape index (κ2) is 6.35. The van der Waals surface area contributed by atoms with Gasteiger partial charge >= 0.3 is 0 Å².